The van der Waals surface area contributed by atoms with E-state index in [1.165, 1.54) is 22.0 Å². The topological polar surface area (TPSA) is 61.4 Å². The predicted molar refractivity (Wildman–Crippen MR) is 87.7 cm³/mol. The van der Waals surface area contributed by atoms with Crippen LogP contribution in [0.3, 0.4) is 0 Å². The molecule has 5 nitrogen and oxygen atoms in total. The molecule has 1 saturated carbocycles. The monoisotopic (exact) mass is 331 g/mol. The van der Waals surface area contributed by atoms with Gasteiger partial charge in [-0.25, -0.2) is 0 Å². The Morgan fingerprint density at radius 2 is 2.05 bits per heavy atom. The van der Waals surface area contributed by atoms with Crippen molar-refractivity contribution in [2.45, 2.75) is 45.2 Å². The fraction of sp³-hybridized carbons (Fsp3) is 0.714. The Morgan fingerprint density at radius 3 is 2.67 bits per heavy atom. The first-order chi connectivity index (χ1) is 10.0. The minimum absolute atomic E-state index is 0.373. The molecular weight excluding hydrogens is 306 g/mol. The van der Waals surface area contributed by atoms with Crippen LogP contribution in [0, 0.1) is 0 Å². The molecule has 0 radical (unpaired) electrons. The molecule has 120 valence electrons. The highest BCUT2D eigenvalue weighted by Crippen LogP contribution is 2.18. The standard InChI is InChI=1S/C14H25N3O2S2/c1-3-13-7-8-14(20-13)11-16-21(18,19)17(2)10-4-9-15-12-5-6-12/h7-8,12,15-16H,3-6,9-11H2,1-2H3. The average molecular weight is 332 g/mol. The molecule has 1 aromatic heterocycles. The summed E-state index contributed by atoms with van der Waals surface area (Å²) in [5.41, 5.74) is 0. The highest BCUT2D eigenvalue weighted by molar-refractivity contribution is 7.87. The smallest absolute Gasteiger partial charge is 0.279 e. The highest BCUT2D eigenvalue weighted by atomic mass is 32.2. The van der Waals surface area contributed by atoms with Crippen molar-refractivity contribution in [3.05, 3.63) is 21.9 Å². The van der Waals surface area contributed by atoms with Gasteiger partial charge in [-0.15, -0.1) is 11.3 Å². The van der Waals surface area contributed by atoms with Crippen LogP contribution in [0.2, 0.25) is 0 Å². The maximum atomic E-state index is 12.1. The third kappa shape index (κ3) is 5.67. The molecule has 0 bridgehead atoms. The minimum Gasteiger partial charge on any atom is -0.314 e. The van der Waals surface area contributed by atoms with Crippen molar-refractivity contribution in [1.82, 2.24) is 14.3 Å². The van der Waals surface area contributed by atoms with Crippen molar-refractivity contribution in [3.63, 3.8) is 0 Å². The normalized spacial score (nSPS) is 15.8. The van der Waals surface area contributed by atoms with Crippen molar-refractivity contribution < 1.29 is 8.42 Å². The zero-order chi connectivity index (χ0) is 15.3. The Kier molecular flexibility index (Phi) is 6.19. The fourth-order valence-electron chi connectivity index (χ4n) is 2.00. The quantitative estimate of drug-likeness (QED) is 0.642. The molecular formula is C14H25N3O2S2. The van der Waals surface area contributed by atoms with E-state index in [9.17, 15) is 8.42 Å². The van der Waals surface area contributed by atoms with Crippen LogP contribution >= 0.6 is 11.3 Å². The summed E-state index contributed by atoms with van der Waals surface area (Å²) in [6.45, 7) is 3.90. The van der Waals surface area contributed by atoms with Gasteiger partial charge in [0.15, 0.2) is 0 Å². The molecule has 7 heteroatoms. The lowest BCUT2D eigenvalue weighted by atomic mass is 10.4. The van der Waals surface area contributed by atoms with Crippen molar-refractivity contribution in [1.29, 1.82) is 0 Å². The molecule has 0 aliphatic heterocycles. The Bertz CT molecular complexity index is 538. The zero-order valence-corrected chi connectivity index (χ0v) is 14.4. The summed E-state index contributed by atoms with van der Waals surface area (Å²) in [5, 5.41) is 3.39. The Morgan fingerprint density at radius 1 is 1.33 bits per heavy atom. The SMILES string of the molecule is CCc1ccc(CNS(=O)(=O)N(C)CCCNC2CC2)s1. The van der Waals surface area contributed by atoms with E-state index in [2.05, 4.69) is 23.0 Å². The van der Waals surface area contributed by atoms with Crippen LogP contribution in [0.25, 0.3) is 0 Å². The molecule has 2 N–H and O–H groups in total. The van der Waals surface area contributed by atoms with Gasteiger partial charge < -0.3 is 5.32 Å². The van der Waals surface area contributed by atoms with Crippen LogP contribution in [0.4, 0.5) is 0 Å². The molecule has 1 aliphatic carbocycles. The maximum absolute atomic E-state index is 12.1. The number of rotatable bonds is 10. The van der Waals surface area contributed by atoms with Crippen molar-refractivity contribution in [3.8, 4) is 0 Å². The molecule has 1 aromatic rings. The summed E-state index contributed by atoms with van der Waals surface area (Å²) >= 11 is 1.66. The fourth-order valence-corrected chi connectivity index (χ4v) is 3.91. The first-order valence-corrected chi connectivity index (χ1v) is 9.79. The lowest BCUT2D eigenvalue weighted by molar-refractivity contribution is 0.444. The van der Waals surface area contributed by atoms with Gasteiger partial charge in [0.1, 0.15) is 0 Å². The largest absolute Gasteiger partial charge is 0.314 e. The number of nitrogens with zero attached hydrogens (tertiary/aromatic N) is 1. The number of thiophene rings is 1. The van der Waals surface area contributed by atoms with Crippen LogP contribution in [0.5, 0.6) is 0 Å². The summed E-state index contributed by atoms with van der Waals surface area (Å²) in [4.78, 5) is 2.34. The first-order valence-electron chi connectivity index (χ1n) is 7.53. The second kappa shape index (κ2) is 7.69. The lowest BCUT2D eigenvalue weighted by Gasteiger charge is -2.17. The molecule has 0 atom stereocenters. The van der Waals surface area contributed by atoms with E-state index in [0.717, 1.165) is 24.3 Å². The Labute approximate surface area is 131 Å². The van der Waals surface area contributed by atoms with Crippen LogP contribution in [0.1, 0.15) is 35.9 Å². The van der Waals surface area contributed by atoms with E-state index >= 15 is 0 Å². The maximum Gasteiger partial charge on any atom is 0.279 e. The van der Waals surface area contributed by atoms with Crippen molar-refractivity contribution in [2.24, 2.45) is 0 Å². The van der Waals surface area contributed by atoms with Gasteiger partial charge in [0.05, 0.1) is 0 Å². The van der Waals surface area contributed by atoms with E-state index in [1.807, 2.05) is 6.07 Å². The number of hydrogen-bond donors (Lipinski definition) is 2. The van der Waals surface area contributed by atoms with Crippen LogP contribution < -0.4 is 10.0 Å². The number of aryl methyl sites for hydroxylation is 1. The molecule has 0 unspecified atom stereocenters. The van der Waals surface area contributed by atoms with E-state index < -0.39 is 10.2 Å². The van der Waals surface area contributed by atoms with Gasteiger partial charge in [-0.05, 0) is 44.4 Å². The van der Waals surface area contributed by atoms with Crippen molar-refractivity contribution >= 4 is 21.5 Å². The van der Waals surface area contributed by atoms with E-state index in [4.69, 9.17) is 0 Å². The summed E-state index contributed by atoms with van der Waals surface area (Å²) in [6.07, 6.45) is 4.35. The Hall–Kier alpha value is -0.470. The molecule has 0 spiro atoms. The molecule has 0 aromatic carbocycles. The van der Waals surface area contributed by atoms with Crippen molar-refractivity contribution in [2.75, 3.05) is 20.1 Å². The van der Waals surface area contributed by atoms with Gasteiger partial charge in [0.2, 0.25) is 0 Å². The molecule has 1 aliphatic rings. The van der Waals surface area contributed by atoms with Gasteiger partial charge in [-0.2, -0.15) is 17.4 Å². The second-order valence-electron chi connectivity index (χ2n) is 5.45. The predicted octanol–water partition coefficient (Wildman–Crippen LogP) is 1.72. The van der Waals surface area contributed by atoms with E-state index in [0.29, 0.717) is 19.1 Å². The molecule has 1 fully saturated rings. The second-order valence-corrected chi connectivity index (χ2v) is 8.57. The highest BCUT2D eigenvalue weighted by Gasteiger charge is 2.20. The molecule has 2 rings (SSSR count). The van der Waals surface area contributed by atoms with Crippen LogP contribution in [-0.2, 0) is 23.2 Å². The molecule has 0 amide bonds. The summed E-state index contributed by atoms with van der Waals surface area (Å²) in [7, 11) is -1.75. The van der Waals surface area contributed by atoms with Gasteiger partial charge in [-0.3, -0.25) is 0 Å². The van der Waals surface area contributed by atoms with Crippen LogP contribution in [0.15, 0.2) is 12.1 Å². The zero-order valence-electron chi connectivity index (χ0n) is 12.8. The van der Waals surface area contributed by atoms with Crippen LogP contribution in [-0.4, -0.2) is 38.9 Å². The average Bonchev–Trinajstić information content (AvgIpc) is 3.17. The first kappa shape index (κ1) is 16.9. The third-order valence-electron chi connectivity index (χ3n) is 3.57. The number of hydrogen-bond acceptors (Lipinski definition) is 4. The molecule has 0 saturated heterocycles. The summed E-state index contributed by atoms with van der Waals surface area (Å²) < 4.78 is 28.3. The summed E-state index contributed by atoms with van der Waals surface area (Å²) in [6, 6.07) is 4.73. The van der Waals surface area contributed by atoms with E-state index in [1.54, 1.807) is 18.4 Å². The minimum atomic E-state index is -3.38. The van der Waals surface area contributed by atoms with Gasteiger partial charge in [0.25, 0.3) is 10.2 Å². The van der Waals surface area contributed by atoms with Gasteiger partial charge in [-0.1, -0.05) is 6.92 Å². The number of nitrogens with one attached hydrogen (secondary N) is 2. The summed E-state index contributed by atoms with van der Waals surface area (Å²) in [5.74, 6) is 0. The molecule has 1 heterocycles. The third-order valence-corrected chi connectivity index (χ3v) is 6.31. The van der Waals surface area contributed by atoms with E-state index in [-0.39, 0.29) is 0 Å². The Balaban J connectivity index is 1.71. The molecule has 21 heavy (non-hydrogen) atoms. The lowest BCUT2D eigenvalue weighted by Crippen LogP contribution is -2.39. The van der Waals surface area contributed by atoms with Gasteiger partial charge >= 0.3 is 0 Å². The van der Waals surface area contributed by atoms with Gasteiger partial charge in [0, 0.05) is 35.9 Å².